The van der Waals surface area contributed by atoms with Crippen LogP contribution in [-0.2, 0) is 31.6 Å². The largest absolute Gasteiger partial charge is 0.506 e. The zero-order chi connectivity index (χ0) is 37.2. The molecule has 13 heteroatoms. The van der Waals surface area contributed by atoms with Crippen LogP contribution in [0.4, 0.5) is 13.2 Å². The third-order valence-corrected chi connectivity index (χ3v) is 10.5. The van der Waals surface area contributed by atoms with Crippen LogP contribution in [0.25, 0.3) is 0 Å². The number of rotatable bonds is 9. The van der Waals surface area contributed by atoms with Gasteiger partial charge in [-0.3, -0.25) is 4.79 Å². The zero-order valence-electron chi connectivity index (χ0n) is 28.3. The molecule has 0 amide bonds. The summed E-state index contributed by atoms with van der Waals surface area (Å²) in [7, 11) is -4.91. The highest BCUT2D eigenvalue weighted by atomic mass is 127. The van der Waals surface area contributed by atoms with E-state index in [0.29, 0.717) is 11.7 Å². The average molecular weight is 937 g/mol. The van der Waals surface area contributed by atoms with Gasteiger partial charge in [-0.15, -0.1) is 0 Å². The van der Waals surface area contributed by atoms with Crippen LogP contribution in [0.2, 0.25) is 0 Å². The van der Waals surface area contributed by atoms with Gasteiger partial charge in [0.05, 0.1) is 12.4 Å². The van der Waals surface area contributed by atoms with E-state index in [9.17, 15) is 36.3 Å². The van der Waals surface area contributed by atoms with Crippen LogP contribution >= 0.6 is 56.9 Å². The van der Waals surface area contributed by atoms with Crippen molar-refractivity contribution in [3.05, 3.63) is 85.0 Å². The Morgan fingerprint density at radius 3 is 1.69 bits per heavy atom. The molecule has 268 valence electrons. The van der Waals surface area contributed by atoms with Crippen LogP contribution < -0.4 is 4.74 Å². The molecule has 3 aromatic rings. The summed E-state index contributed by atoms with van der Waals surface area (Å²) < 4.78 is 62.4. The van der Waals surface area contributed by atoms with E-state index >= 15 is 0 Å². The molecule has 0 aliphatic rings. The lowest BCUT2D eigenvalue weighted by Crippen LogP contribution is -2.30. The molecule has 0 saturated heterocycles. The van der Waals surface area contributed by atoms with E-state index in [1.807, 2.05) is 82.3 Å². The monoisotopic (exact) mass is 936 g/mol. The summed E-state index contributed by atoms with van der Waals surface area (Å²) in [6, 6.07) is 21.9. The molecule has 48 heavy (non-hydrogen) atoms. The Hall–Kier alpha value is -1.85. The standard InChI is InChI=1S/C16H16I2O2.C11H14OS.C4H7F3O2S.C4H8O/c1-10(2)7-11-3-5-12(6-4-11)20-13-8-14(17)16(19)15(18)9-13;1-9(2)11(12)13-8-10-6-4-3-5-7-10;1-3(2)10(8,9)4(5,6)7;1-4(2)3-5/h3-6,8-10,19H,7H2,1-2H3;3-7,9H,8H2,1-2H3;3H,1-2H3;3-4H,1-2H3. The molecule has 6 nitrogen and oxygen atoms in total. The fourth-order valence-corrected chi connectivity index (χ4v) is 6.15. The Balaban J connectivity index is 0.000000682. The van der Waals surface area contributed by atoms with Gasteiger partial charge in [-0.25, -0.2) is 8.42 Å². The normalized spacial score (nSPS) is 11.2. The number of carbonyl (C=O) groups is 2. The summed E-state index contributed by atoms with van der Waals surface area (Å²) in [6.45, 7) is 14.0. The van der Waals surface area contributed by atoms with Gasteiger partial charge in [0.25, 0.3) is 0 Å². The second-order valence-electron chi connectivity index (χ2n) is 11.7. The van der Waals surface area contributed by atoms with Gasteiger partial charge in [0.1, 0.15) is 23.5 Å². The van der Waals surface area contributed by atoms with Crippen LogP contribution in [0.15, 0.2) is 66.7 Å². The SMILES string of the molecule is CC(C)C(=O)SCc1ccccc1.CC(C)C=O.CC(C)Cc1ccc(Oc2cc(I)c(O)c(I)c2)cc1.CC(C)S(=O)(=O)C(F)(F)F. The molecule has 1 N–H and O–H groups in total. The Labute approximate surface area is 315 Å². The fraction of sp³-hybridized carbons (Fsp3) is 0.429. The lowest BCUT2D eigenvalue weighted by Gasteiger charge is -2.10. The van der Waals surface area contributed by atoms with Gasteiger partial charge in [0, 0.05) is 17.6 Å². The smallest absolute Gasteiger partial charge is 0.497 e. The number of ether oxygens (including phenoxy) is 1. The summed E-state index contributed by atoms with van der Waals surface area (Å²) in [5.74, 6) is 3.65. The van der Waals surface area contributed by atoms with Crippen molar-refractivity contribution in [2.75, 3.05) is 0 Å². The van der Waals surface area contributed by atoms with Crippen molar-refractivity contribution < 1.29 is 41.0 Å². The van der Waals surface area contributed by atoms with Gasteiger partial charge in [-0.1, -0.05) is 95.8 Å². The first-order chi connectivity index (χ1) is 22.1. The first-order valence-electron chi connectivity index (χ1n) is 15.0. The van der Waals surface area contributed by atoms with E-state index in [1.54, 1.807) is 0 Å². The maximum atomic E-state index is 11.5. The quantitative estimate of drug-likeness (QED) is 0.169. The van der Waals surface area contributed by atoms with E-state index in [2.05, 4.69) is 71.2 Å². The Bertz CT molecular complexity index is 1470. The van der Waals surface area contributed by atoms with Gasteiger partial charge in [-0.2, -0.15) is 13.2 Å². The van der Waals surface area contributed by atoms with Crippen molar-refractivity contribution in [1.29, 1.82) is 0 Å². The summed E-state index contributed by atoms with van der Waals surface area (Å²) in [5, 5.41) is 8.62. The number of benzene rings is 3. The molecule has 0 bridgehead atoms. The van der Waals surface area contributed by atoms with Crippen molar-refractivity contribution in [3.8, 4) is 17.2 Å². The molecule has 0 saturated carbocycles. The molecule has 0 spiro atoms. The highest BCUT2D eigenvalue weighted by Crippen LogP contribution is 2.33. The van der Waals surface area contributed by atoms with E-state index in [-0.39, 0.29) is 17.0 Å². The predicted octanol–water partition coefficient (Wildman–Crippen LogP) is 10.9. The van der Waals surface area contributed by atoms with Crippen LogP contribution in [-0.4, -0.2) is 35.7 Å². The number of aromatic hydroxyl groups is 1. The van der Waals surface area contributed by atoms with Gasteiger partial charge in [0.2, 0.25) is 9.84 Å². The topological polar surface area (TPSA) is 97.7 Å². The number of phenolic OH excluding ortho intramolecular Hbond substituents is 1. The molecule has 0 aromatic heterocycles. The van der Waals surface area contributed by atoms with Gasteiger partial charge in [-0.05, 0) is 107 Å². The highest BCUT2D eigenvalue weighted by molar-refractivity contribution is 14.1. The lowest BCUT2D eigenvalue weighted by atomic mass is 10.0. The van der Waals surface area contributed by atoms with Crippen LogP contribution in [0, 0.1) is 24.9 Å². The molecule has 0 atom stereocenters. The maximum absolute atomic E-state index is 11.5. The number of carbonyl (C=O) groups excluding carboxylic acids is 2. The van der Waals surface area contributed by atoms with Gasteiger partial charge in [0.15, 0.2) is 5.12 Å². The molecule has 0 aliphatic carbocycles. The van der Waals surface area contributed by atoms with E-state index in [1.165, 1.54) is 22.9 Å². The molecule has 0 fully saturated rings. The third kappa shape index (κ3) is 18.8. The summed E-state index contributed by atoms with van der Waals surface area (Å²) >= 11 is 5.60. The number of hydrogen-bond donors (Lipinski definition) is 1. The lowest BCUT2D eigenvalue weighted by molar-refractivity contribution is -0.113. The molecule has 3 aromatic carbocycles. The molecule has 0 radical (unpaired) electrons. The Morgan fingerprint density at radius 1 is 0.854 bits per heavy atom. The van der Waals surface area contributed by atoms with Crippen molar-refractivity contribution >= 4 is 78.2 Å². The number of halogens is 5. The first-order valence-corrected chi connectivity index (χ1v) is 19.7. The minimum Gasteiger partial charge on any atom is -0.506 e. The first kappa shape index (κ1) is 46.1. The van der Waals surface area contributed by atoms with Crippen molar-refractivity contribution in [2.24, 2.45) is 17.8 Å². The van der Waals surface area contributed by atoms with Crippen LogP contribution in [0.3, 0.4) is 0 Å². The fourth-order valence-electron chi connectivity index (χ4n) is 3.06. The molecule has 0 unspecified atom stereocenters. The number of sulfone groups is 1. The average Bonchev–Trinajstić information content (AvgIpc) is 3.00. The maximum Gasteiger partial charge on any atom is 0.497 e. The number of phenols is 1. The third-order valence-electron chi connectivity index (χ3n) is 5.70. The Kier molecular flexibility index (Phi) is 21.9. The summed E-state index contributed by atoms with van der Waals surface area (Å²) in [6.07, 6.45) is 2.00. The van der Waals surface area contributed by atoms with E-state index in [0.717, 1.165) is 50.9 Å². The van der Waals surface area contributed by atoms with Crippen molar-refractivity contribution in [2.45, 2.75) is 78.3 Å². The highest BCUT2D eigenvalue weighted by Gasteiger charge is 2.47. The number of thioether (sulfide) groups is 1. The van der Waals surface area contributed by atoms with Crippen LogP contribution in [0.5, 0.6) is 17.2 Å². The Morgan fingerprint density at radius 2 is 1.33 bits per heavy atom. The second kappa shape index (κ2) is 22.8. The number of hydrogen-bond acceptors (Lipinski definition) is 7. The zero-order valence-corrected chi connectivity index (χ0v) is 34.3. The summed E-state index contributed by atoms with van der Waals surface area (Å²) in [5.41, 5.74) is -2.58. The van der Waals surface area contributed by atoms with E-state index < -0.39 is 20.6 Å². The minimum atomic E-state index is -5.11. The predicted molar refractivity (Wildman–Crippen MR) is 207 cm³/mol. The van der Waals surface area contributed by atoms with Crippen molar-refractivity contribution in [1.82, 2.24) is 0 Å². The second-order valence-corrected chi connectivity index (χ2v) is 17.5. The van der Waals surface area contributed by atoms with Gasteiger partial charge >= 0.3 is 5.51 Å². The molecule has 0 heterocycles. The van der Waals surface area contributed by atoms with Crippen molar-refractivity contribution in [3.63, 3.8) is 0 Å². The minimum absolute atomic E-state index is 0.133. The van der Waals surface area contributed by atoms with E-state index in [4.69, 9.17) is 4.74 Å². The van der Waals surface area contributed by atoms with Crippen LogP contribution in [0.1, 0.15) is 66.5 Å². The number of alkyl halides is 3. The molecule has 3 rings (SSSR count). The van der Waals surface area contributed by atoms with Gasteiger partial charge < -0.3 is 14.6 Å². The molecular formula is C35H45F3I2O6S2. The molecular weight excluding hydrogens is 891 g/mol. The molecule has 0 aliphatic heterocycles. The summed E-state index contributed by atoms with van der Waals surface area (Å²) in [4.78, 5) is 20.8. The number of aldehydes is 1.